The Morgan fingerprint density at radius 3 is 2.31 bits per heavy atom. The van der Waals surface area contributed by atoms with Crippen LogP contribution in [0.4, 0.5) is 10.7 Å². The summed E-state index contributed by atoms with van der Waals surface area (Å²) in [5.74, 6) is 3.09. The third-order valence-corrected chi connectivity index (χ3v) is 14.7. The zero-order chi connectivity index (χ0) is 47.9. The number of benzene rings is 2. The van der Waals surface area contributed by atoms with E-state index in [1.54, 1.807) is 17.0 Å². The van der Waals surface area contributed by atoms with E-state index in [1.807, 2.05) is 82.6 Å². The van der Waals surface area contributed by atoms with Gasteiger partial charge in [-0.1, -0.05) is 51.0 Å². The largest absolute Gasteiger partial charge is 0.507 e. The second kappa shape index (κ2) is 19.2. The summed E-state index contributed by atoms with van der Waals surface area (Å²) in [5.41, 5.74) is 6.39. The molecule has 0 unspecified atom stereocenters. The van der Waals surface area contributed by atoms with Crippen LogP contribution in [-0.4, -0.2) is 131 Å². The fraction of sp³-hybridized carbons (Fsp3) is 0.481. The number of fused-ring (bicyclic) bond motifs is 3. The van der Waals surface area contributed by atoms with Crippen LogP contribution in [0.1, 0.15) is 113 Å². The lowest BCUT2D eigenvalue weighted by atomic mass is 9.85. The molecule has 356 valence electrons. The van der Waals surface area contributed by atoms with Crippen molar-refractivity contribution in [1.29, 1.82) is 0 Å². The zero-order valence-electron chi connectivity index (χ0n) is 39.7. The molecule has 5 atom stereocenters. The molecule has 16 nitrogen and oxygen atoms in total. The number of aromatic amines is 1. The number of nitrogens with one attached hydrogen (secondary N) is 3. The van der Waals surface area contributed by atoms with E-state index in [1.165, 1.54) is 4.90 Å². The van der Waals surface area contributed by atoms with Crippen molar-refractivity contribution in [3.8, 4) is 29.4 Å². The number of aromatic nitrogens is 5. The summed E-state index contributed by atoms with van der Waals surface area (Å²) in [6.45, 7) is 13.6. The maximum absolute atomic E-state index is 14.3. The van der Waals surface area contributed by atoms with Crippen LogP contribution < -0.4 is 15.5 Å². The van der Waals surface area contributed by atoms with E-state index in [9.17, 15) is 24.6 Å². The minimum Gasteiger partial charge on any atom is -0.507 e. The highest BCUT2D eigenvalue weighted by Gasteiger charge is 2.45. The maximum Gasteiger partial charge on any atom is 0.318 e. The Morgan fingerprint density at radius 2 is 1.63 bits per heavy atom. The summed E-state index contributed by atoms with van der Waals surface area (Å²) < 4.78 is 0. The van der Waals surface area contributed by atoms with Gasteiger partial charge in [0.15, 0.2) is 5.65 Å². The van der Waals surface area contributed by atoms with Gasteiger partial charge in [0.25, 0.3) is 0 Å². The molecule has 0 saturated carbocycles. The Kier molecular flexibility index (Phi) is 13.1. The van der Waals surface area contributed by atoms with E-state index in [0.29, 0.717) is 42.3 Å². The van der Waals surface area contributed by atoms with Gasteiger partial charge in [0.2, 0.25) is 17.8 Å². The lowest BCUT2D eigenvalue weighted by molar-refractivity contribution is -0.142. The molecule has 3 aromatic heterocycles. The Balaban J connectivity index is 0.763. The van der Waals surface area contributed by atoms with Crippen molar-refractivity contribution in [2.24, 2.45) is 5.41 Å². The van der Waals surface area contributed by atoms with Crippen molar-refractivity contribution in [2.75, 3.05) is 44.2 Å². The molecule has 9 rings (SSSR count). The Hall–Kier alpha value is -6.57. The molecule has 3 saturated heterocycles. The van der Waals surface area contributed by atoms with Gasteiger partial charge in [0, 0.05) is 85.2 Å². The topological polar surface area (TPSA) is 196 Å². The van der Waals surface area contributed by atoms with Crippen molar-refractivity contribution in [3.05, 3.63) is 94.9 Å². The number of para-hydroxylation sites is 1. The molecule has 16 heteroatoms. The number of piperidine rings is 2. The SMILES string of the molecule is C#Cc1ccc([C@H](C)NC(=O)[C@@H]2C[C@@H](O)CN2C(=O)[C@@H](NC(=O)N2CCC(N3CCC(c4cnc(N5CCc6[nH]c7nnc(-c8ccccc8O)cc7c6[C@H]5C)nc4)CC3)CC2)C(C)(C)C)cc1. The number of aliphatic hydroxyl groups excluding tert-OH is 1. The van der Waals surface area contributed by atoms with Crippen LogP contribution in [0.2, 0.25) is 0 Å². The lowest BCUT2D eigenvalue weighted by Crippen LogP contribution is -2.60. The van der Waals surface area contributed by atoms with Crippen LogP contribution >= 0.6 is 0 Å². The van der Waals surface area contributed by atoms with Gasteiger partial charge in [-0.05, 0) is 105 Å². The predicted octanol–water partition coefficient (Wildman–Crippen LogP) is 5.83. The summed E-state index contributed by atoms with van der Waals surface area (Å²) in [6.07, 6.45) is 13.2. The second-order valence-corrected chi connectivity index (χ2v) is 20.1. The highest BCUT2D eigenvalue weighted by Crippen LogP contribution is 2.39. The molecule has 0 aliphatic carbocycles. The van der Waals surface area contributed by atoms with Gasteiger partial charge in [-0.25, -0.2) is 14.8 Å². The van der Waals surface area contributed by atoms with Crippen molar-refractivity contribution >= 4 is 34.8 Å². The van der Waals surface area contributed by atoms with Gasteiger partial charge in [-0.3, -0.25) is 9.59 Å². The first kappa shape index (κ1) is 46.5. The minimum atomic E-state index is -0.907. The van der Waals surface area contributed by atoms with Gasteiger partial charge in [0.1, 0.15) is 17.8 Å². The van der Waals surface area contributed by atoms with Crippen LogP contribution in [0.25, 0.3) is 22.3 Å². The molecule has 4 aliphatic rings. The number of likely N-dealkylation sites (tertiary alicyclic amines) is 3. The van der Waals surface area contributed by atoms with Crippen molar-refractivity contribution in [1.82, 2.24) is 50.5 Å². The first-order chi connectivity index (χ1) is 32.7. The van der Waals surface area contributed by atoms with Crippen LogP contribution in [0.3, 0.4) is 0 Å². The quantitative estimate of drug-likeness (QED) is 0.112. The number of urea groups is 1. The number of β-amino-alcohol motifs (C(OH)–C–C–N with tert-alkyl or cyclic N) is 1. The molecule has 5 N–H and O–H groups in total. The number of hydrogen-bond donors (Lipinski definition) is 5. The number of terminal acetylenes is 1. The number of amides is 4. The molecule has 3 fully saturated rings. The molecular formula is C52H63N11O5. The number of nitrogens with zero attached hydrogens (tertiary/aromatic N) is 8. The molecule has 4 aliphatic heterocycles. The number of anilines is 1. The molecule has 68 heavy (non-hydrogen) atoms. The molecular weight excluding hydrogens is 859 g/mol. The molecule has 4 amide bonds. The molecule has 7 heterocycles. The summed E-state index contributed by atoms with van der Waals surface area (Å²) in [5, 5.41) is 37.1. The van der Waals surface area contributed by atoms with E-state index in [-0.39, 0.29) is 48.6 Å². The first-order valence-corrected chi connectivity index (χ1v) is 24.1. The monoisotopic (exact) mass is 922 g/mol. The summed E-state index contributed by atoms with van der Waals surface area (Å²) in [7, 11) is 0. The number of hydrogen-bond acceptors (Lipinski definition) is 11. The highest BCUT2D eigenvalue weighted by atomic mass is 16.3. The van der Waals surface area contributed by atoms with E-state index in [0.717, 1.165) is 90.7 Å². The van der Waals surface area contributed by atoms with Crippen molar-refractivity contribution < 1.29 is 24.6 Å². The summed E-state index contributed by atoms with van der Waals surface area (Å²) in [6, 6.07) is 14.5. The Morgan fingerprint density at radius 1 is 0.926 bits per heavy atom. The lowest BCUT2D eigenvalue weighted by Gasteiger charge is -2.42. The molecule has 2 aromatic carbocycles. The van der Waals surface area contributed by atoms with Gasteiger partial charge < -0.3 is 45.4 Å². The number of H-pyrrole nitrogens is 1. The maximum atomic E-state index is 14.3. The number of aromatic hydroxyl groups is 1. The van der Waals surface area contributed by atoms with Crippen molar-refractivity contribution in [2.45, 2.75) is 115 Å². The summed E-state index contributed by atoms with van der Waals surface area (Å²) in [4.78, 5) is 63.1. The van der Waals surface area contributed by atoms with E-state index >= 15 is 0 Å². The Labute approximate surface area is 397 Å². The number of rotatable bonds is 9. The van der Waals surface area contributed by atoms with E-state index in [2.05, 4.69) is 48.5 Å². The average Bonchev–Trinajstić information content (AvgIpc) is 3.93. The zero-order valence-corrected chi connectivity index (χ0v) is 39.7. The fourth-order valence-corrected chi connectivity index (χ4v) is 10.7. The normalized spacial score (nSPS) is 21.5. The second-order valence-electron chi connectivity index (χ2n) is 20.1. The number of phenolic OH excluding ortho intramolecular Hbond substituents is 1. The molecule has 0 radical (unpaired) electrons. The van der Waals surface area contributed by atoms with Crippen LogP contribution in [-0.2, 0) is 16.0 Å². The molecule has 0 bridgehead atoms. The number of carbonyl (C=O) groups is 3. The number of phenols is 1. The fourth-order valence-electron chi connectivity index (χ4n) is 10.7. The third kappa shape index (κ3) is 9.46. The highest BCUT2D eigenvalue weighted by molar-refractivity contribution is 5.93. The van der Waals surface area contributed by atoms with Crippen LogP contribution in [0, 0.1) is 17.8 Å². The van der Waals surface area contributed by atoms with Crippen molar-refractivity contribution in [3.63, 3.8) is 0 Å². The van der Waals surface area contributed by atoms with E-state index < -0.39 is 23.6 Å². The van der Waals surface area contributed by atoms with Gasteiger partial charge >= 0.3 is 6.03 Å². The predicted molar refractivity (Wildman–Crippen MR) is 259 cm³/mol. The smallest absolute Gasteiger partial charge is 0.318 e. The van der Waals surface area contributed by atoms with Crippen LogP contribution in [0.5, 0.6) is 5.75 Å². The minimum absolute atomic E-state index is 0.000356. The first-order valence-electron chi connectivity index (χ1n) is 24.1. The summed E-state index contributed by atoms with van der Waals surface area (Å²) >= 11 is 0. The van der Waals surface area contributed by atoms with E-state index in [4.69, 9.17) is 16.4 Å². The van der Waals surface area contributed by atoms with Gasteiger partial charge in [-0.15, -0.1) is 16.6 Å². The molecule has 5 aromatic rings. The van der Waals surface area contributed by atoms with Gasteiger partial charge in [-0.2, -0.15) is 0 Å². The number of aliphatic hydroxyl groups is 1. The molecule has 0 spiro atoms. The average molecular weight is 922 g/mol. The standard InChI is InChI=1S/C52H63N11O5/c1-7-33-12-14-34(15-13-33)31(2)55-48(66)43-26-38(64)30-63(43)49(67)46(52(4,5)6)57-51(68)61-23-18-37(19-24-61)60-21-16-35(17-22-60)36-28-53-50(54-29-36)62-25-20-41-45(32(62)3)40-27-42(58-59-47(40)56-41)39-10-8-9-11-44(39)65/h1,8-15,27-29,31-32,35,37-38,43,46,64-65H,16-26,30H2,2-6H3,(H,55,66)(H,56,59)(H,57,68)/t31-,32+,38+,43-,46+/m0/s1. The number of carbonyl (C=O) groups excluding carboxylic acids is 3. The van der Waals surface area contributed by atoms with Gasteiger partial charge in [0.05, 0.1) is 23.9 Å². The van der Waals surface area contributed by atoms with Crippen LogP contribution in [0.15, 0.2) is 67.0 Å². The Bertz CT molecular complexity index is 2680. The third-order valence-electron chi connectivity index (χ3n) is 14.7.